The van der Waals surface area contributed by atoms with E-state index in [0.717, 1.165) is 0 Å². The van der Waals surface area contributed by atoms with Gasteiger partial charge < -0.3 is 10.5 Å². The average molecular weight is 334 g/mol. The number of nitrogens with two attached hydrogens (primary N) is 1. The molecule has 0 aliphatic rings. The number of fused-ring (bicyclic) bond motifs is 1. The maximum Gasteiger partial charge on any atom is 0.230 e. The molecule has 0 atom stereocenters. The molecule has 0 unspecified atom stereocenters. The molecule has 0 aliphatic heterocycles. The summed E-state index contributed by atoms with van der Waals surface area (Å²) >= 11 is 3.09. The van der Waals surface area contributed by atoms with Gasteiger partial charge in [0.2, 0.25) is 5.88 Å². The second kappa shape index (κ2) is 5.05. The van der Waals surface area contributed by atoms with Crippen molar-refractivity contribution in [2.45, 2.75) is 0 Å². The van der Waals surface area contributed by atoms with E-state index in [2.05, 4.69) is 25.9 Å². The minimum atomic E-state index is -0.402. The average Bonchev–Trinajstić information content (AvgIpc) is 2.44. The van der Waals surface area contributed by atoms with E-state index < -0.39 is 5.82 Å². The quantitative estimate of drug-likeness (QED) is 0.722. The standard InChI is InChI=1S/C14H9BrFN3O/c15-11-3-2-9(6-12(11)16)20-14-10-5-8(17)1-4-13(10)18-7-19-14/h1-7H,17H2. The highest BCUT2D eigenvalue weighted by atomic mass is 79.9. The third kappa shape index (κ3) is 2.42. The molecule has 0 spiro atoms. The molecule has 0 aliphatic carbocycles. The van der Waals surface area contributed by atoms with E-state index in [1.54, 1.807) is 30.3 Å². The SMILES string of the molecule is Nc1ccc2ncnc(Oc3ccc(Br)c(F)c3)c2c1. The van der Waals surface area contributed by atoms with Gasteiger partial charge in [0, 0.05) is 11.8 Å². The van der Waals surface area contributed by atoms with Crippen molar-refractivity contribution in [1.29, 1.82) is 0 Å². The molecule has 0 saturated heterocycles. The zero-order valence-electron chi connectivity index (χ0n) is 10.2. The summed E-state index contributed by atoms with van der Waals surface area (Å²) in [7, 11) is 0. The second-order valence-electron chi connectivity index (χ2n) is 4.13. The number of nitrogens with zero attached hydrogens (tertiary/aromatic N) is 2. The van der Waals surface area contributed by atoms with Crippen LogP contribution in [-0.4, -0.2) is 9.97 Å². The van der Waals surface area contributed by atoms with Crippen LogP contribution in [0.1, 0.15) is 0 Å². The largest absolute Gasteiger partial charge is 0.438 e. The first-order valence-corrected chi connectivity index (χ1v) is 6.56. The summed E-state index contributed by atoms with van der Waals surface area (Å²) in [6.45, 7) is 0. The van der Waals surface area contributed by atoms with Crippen LogP contribution in [0.15, 0.2) is 47.2 Å². The number of anilines is 1. The Hall–Kier alpha value is -2.21. The van der Waals surface area contributed by atoms with E-state index in [9.17, 15) is 4.39 Å². The van der Waals surface area contributed by atoms with Gasteiger partial charge in [-0.15, -0.1) is 0 Å². The van der Waals surface area contributed by atoms with Crippen molar-refractivity contribution in [2.24, 2.45) is 0 Å². The van der Waals surface area contributed by atoms with Gasteiger partial charge in [0.15, 0.2) is 0 Å². The first-order chi connectivity index (χ1) is 9.63. The zero-order valence-corrected chi connectivity index (χ0v) is 11.8. The first kappa shape index (κ1) is 12.8. The fourth-order valence-corrected chi connectivity index (χ4v) is 2.03. The highest BCUT2D eigenvalue weighted by molar-refractivity contribution is 9.10. The smallest absolute Gasteiger partial charge is 0.230 e. The third-order valence-corrected chi connectivity index (χ3v) is 3.37. The summed E-state index contributed by atoms with van der Waals surface area (Å²) in [5.74, 6) is 0.289. The molecule has 3 aromatic rings. The van der Waals surface area contributed by atoms with Gasteiger partial charge in [-0.2, -0.15) is 0 Å². The fourth-order valence-electron chi connectivity index (χ4n) is 1.78. The van der Waals surface area contributed by atoms with Crippen molar-refractivity contribution >= 4 is 32.5 Å². The number of hydrogen-bond donors (Lipinski definition) is 1. The van der Waals surface area contributed by atoms with Crippen LogP contribution in [-0.2, 0) is 0 Å². The number of benzene rings is 2. The minimum Gasteiger partial charge on any atom is -0.438 e. The molecular formula is C14H9BrFN3O. The third-order valence-electron chi connectivity index (χ3n) is 2.73. The van der Waals surface area contributed by atoms with Gasteiger partial charge in [-0.25, -0.2) is 14.4 Å². The van der Waals surface area contributed by atoms with Crippen molar-refractivity contribution in [1.82, 2.24) is 9.97 Å². The van der Waals surface area contributed by atoms with Gasteiger partial charge >= 0.3 is 0 Å². The first-order valence-electron chi connectivity index (χ1n) is 5.76. The molecule has 3 rings (SSSR count). The number of hydrogen-bond acceptors (Lipinski definition) is 4. The van der Waals surface area contributed by atoms with Crippen molar-refractivity contribution in [2.75, 3.05) is 5.73 Å². The minimum absolute atomic E-state index is 0.337. The van der Waals surface area contributed by atoms with Crippen LogP contribution in [0.5, 0.6) is 11.6 Å². The van der Waals surface area contributed by atoms with E-state index in [1.165, 1.54) is 12.4 Å². The summed E-state index contributed by atoms with van der Waals surface area (Å²) < 4.78 is 19.5. The van der Waals surface area contributed by atoms with E-state index in [4.69, 9.17) is 10.5 Å². The predicted molar refractivity (Wildman–Crippen MR) is 78.1 cm³/mol. The number of rotatable bonds is 2. The number of halogens is 2. The number of nitrogen functional groups attached to an aromatic ring is 1. The summed E-state index contributed by atoms with van der Waals surface area (Å²) in [6, 6.07) is 9.75. The van der Waals surface area contributed by atoms with E-state index in [1.807, 2.05) is 0 Å². The Morgan fingerprint density at radius 2 is 1.95 bits per heavy atom. The molecule has 2 N–H and O–H groups in total. The number of aromatic nitrogens is 2. The highest BCUT2D eigenvalue weighted by Crippen LogP contribution is 2.29. The molecule has 100 valence electrons. The summed E-state index contributed by atoms with van der Waals surface area (Å²) in [6.07, 6.45) is 1.39. The Morgan fingerprint density at radius 3 is 2.75 bits per heavy atom. The Kier molecular flexibility index (Phi) is 3.23. The maximum absolute atomic E-state index is 13.5. The molecule has 1 aromatic heterocycles. The molecule has 0 fully saturated rings. The Labute approximate surface area is 122 Å². The van der Waals surface area contributed by atoms with E-state index in [-0.39, 0.29) is 0 Å². The van der Waals surface area contributed by atoms with Crippen LogP contribution in [0.4, 0.5) is 10.1 Å². The van der Waals surface area contributed by atoms with Crippen LogP contribution >= 0.6 is 15.9 Å². The lowest BCUT2D eigenvalue weighted by Gasteiger charge is -2.08. The molecule has 0 bridgehead atoms. The van der Waals surface area contributed by atoms with Gasteiger partial charge in [0.1, 0.15) is 17.9 Å². The van der Waals surface area contributed by atoms with E-state index in [0.29, 0.717) is 32.7 Å². The molecule has 4 nitrogen and oxygen atoms in total. The van der Waals surface area contributed by atoms with Crippen LogP contribution in [0, 0.1) is 5.82 Å². The van der Waals surface area contributed by atoms with Gasteiger partial charge in [-0.05, 0) is 46.3 Å². The van der Waals surface area contributed by atoms with Crippen LogP contribution < -0.4 is 10.5 Å². The van der Waals surface area contributed by atoms with Crippen LogP contribution in [0.2, 0.25) is 0 Å². The molecule has 0 saturated carbocycles. The molecular weight excluding hydrogens is 325 g/mol. The molecule has 6 heteroatoms. The van der Waals surface area contributed by atoms with Crippen molar-refractivity contribution in [3.05, 3.63) is 53.0 Å². The molecule has 20 heavy (non-hydrogen) atoms. The van der Waals surface area contributed by atoms with Crippen molar-refractivity contribution < 1.29 is 9.13 Å². The summed E-state index contributed by atoms with van der Waals surface area (Å²) in [5, 5.41) is 0.677. The van der Waals surface area contributed by atoms with Gasteiger partial charge in [0.25, 0.3) is 0 Å². The monoisotopic (exact) mass is 333 g/mol. The summed E-state index contributed by atoms with van der Waals surface area (Å²) in [5.41, 5.74) is 7.05. The maximum atomic E-state index is 13.5. The van der Waals surface area contributed by atoms with Crippen LogP contribution in [0.3, 0.4) is 0 Å². The predicted octanol–water partition coefficient (Wildman–Crippen LogP) is 3.91. The van der Waals surface area contributed by atoms with Gasteiger partial charge in [0.05, 0.1) is 15.4 Å². The Morgan fingerprint density at radius 1 is 1.10 bits per heavy atom. The second-order valence-corrected chi connectivity index (χ2v) is 4.99. The molecule has 0 radical (unpaired) electrons. The molecule has 1 heterocycles. The Balaban J connectivity index is 2.05. The van der Waals surface area contributed by atoms with Gasteiger partial charge in [-0.1, -0.05) is 0 Å². The zero-order chi connectivity index (χ0) is 14.1. The van der Waals surface area contributed by atoms with E-state index >= 15 is 0 Å². The lowest BCUT2D eigenvalue weighted by atomic mass is 10.2. The van der Waals surface area contributed by atoms with Crippen molar-refractivity contribution in [3.8, 4) is 11.6 Å². The molecule has 2 aromatic carbocycles. The topological polar surface area (TPSA) is 61.0 Å². The van der Waals surface area contributed by atoms with Crippen molar-refractivity contribution in [3.63, 3.8) is 0 Å². The molecule has 0 amide bonds. The highest BCUT2D eigenvalue weighted by Gasteiger charge is 2.08. The fraction of sp³-hybridized carbons (Fsp3) is 0. The Bertz CT molecular complexity index is 794. The van der Waals surface area contributed by atoms with Crippen LogP contribution in [0.25, 0.3) is 10.9 Å². The van der Waals surface area contributed by atoms with Gasteiger partial charge in [-0.3, -0.25) is 0 Å². The lowest BCUT2D eigenvalue weighted by Crippen LogP contribution is -1.93. The normalized spacial score (nSPS) is 10.7. The number of ether oxygens (including phenoxy) is 1. The lowest BCUT2D eigenvalue weighted by molar-refractivity contribution is 0.462. The summed E-state index contributed by atoms with van der Waals surface area (Å²) in [4.78, 5) is 8.20.